The van der Waals surface area contributed by atoms with Crippen LogP contribution in [0.4, 0.5) is 0 Å². The van der Waals surface area contributed by atoms with E-state index in [2.05, 4.69) is 0 Å². The van der Waals surface area contributed by atoms with Gasteiger partial charge < -0.3 is 34.8 Å². The van der Waals surface area contributed by atoms with Crippen molar-refractivity contribution in [2.24, 2.45) is 0 Å². The minimum absolute atomic E-state index is 0. The van der Waals surface area contributed by atoms with Crippen LogP contribution in [-0.2, 0) is 31.5 Å². The third kappa shape index (κ3) is 7.95. The molecule has 0 aliphatic rings. The first-order chi connectivity index (χ1) is 5.78. The molecule has 9 heteroatoms. The van der Waals surface area contributed by atoms with Gasteiger partial charge in [-0.05, 0) is 0 Å². The van der Waals surface area contributed by atoms with Gasteiger partial charge in [-0.3, -0.25) is 0 Å². The van der Waals surface area contributed by atoms with E-state index in [0.29, 0.717) is 0 Å². The van der Waals surface area contributed by atoms with Gasteiger partial charge in [-0.2, -0.15) is 0 Å². The van der Waals surface area contributed by atoms with Crippen LogP contribution in [0.2, 0.25) is 0 Å². The molecule has 7 nitrogen and oxygen atoms in total. The van der Waals surface area contributed by atoms with Crippen molar-refractivity contribution in [3.05, 3.63) is 0 Å². The first-order valence-corrected chi connectivity index (χ1v) is 3.11. The summed E-state index contributed by atoms with van der Waals surface area (Å²) in [4.78, 5) is 30.0. The van der Waals surface area contributed by atoms with E-state index in [1.807, 2.05) is 0 Å². The molecule has 0 amide bonds. The molecule has 0 bridgehead atoms. The Morgan fingerprint density at radius 1 is 1.00 bits per heavy atom. The molecule has 0 unspecified atom stereocenters. The van der Waals surface area contributed by atoms with Crippen LogP contribution in [0.15, 0.2) is 0 Å². The fourth-order valence-corrected chi connectivity index (χ4v) is 0.684. The van der Waals surface area contributed by atoms with E-state index >= 15 is 0 Å². The molecule has 79 valence electrons. The molecule has 0 saturated heterocycles. The van der Waals surface area contributed by atoms with Gasteiger partial charge in [0.1, 0.15) is 5.60 Å². The van der Waals surface area contributed by atoms with E-state index in [4.69, 9.17) is 5.11 Å². The van der Waals surface area contributed by atoms with Crippen LogP contribution in [-0.4, -0.2) is 28.6 Å². The zero-order valence-corrected chi connectivity index (χ0v) is 12.1. The van der Waals surface area contributed by atoms with Crippen LogP contribution in [0.3, 0.4) is 0 Å². The zero-order chi connectivity index (χ0) is 10.6. The van der Waals surface area contributed by atoms with Gasteiger partial charge in [-0.15, -0.1) is 0 Å². The fraction of sp³-hybridized carbons (Fsp3) is 0.500. The average Bonchev–Trinajstić information content (AvgIpc) is 1.82. The van der Waals surface area contributed by atoms with Gasteiger partial charge in [0.2, 0.25) is 0 Å². The Kier molecular flexibility index (Phi) is 11.3. The van der Waals surface area contributed by atoms with Gasteiger partial charge in [-0.1, -0.05) is 0 Å². The molecule has 0 rings (SSSR count). The second-order valence-corrected chi connectivity index (χ2v) is 2.42. The number of hydrogen-bond acceptors (Lipinski definition) is 7. The minimum atomic E-state index is -2.97. The standard InChI is InChI=1S/C6H8O7.La.Mn/c7-3(8)1-6(13,5(11)12)2-4(9)10;;/h13H,1-2H2,(H,7,8)(H,9,10)(H,11,12);;/q;+3;+2/p-3. The van der Waals surface area contributed by atoms with E-state index < -0.39 is 36.4 Å². The number of carboxylic acids is 3. The monoisotopic (exact) mass is 383 g/mol. The molecule has 0 aliphatic carbocycles. The summed E-state index contributed by atoms with van der Waals surface area (Å²) in [6, 6.07) is 0. The summed E-state index contributed by atoms with van der Waals surface area (Å²) in [6.07, 6.45) is -2.72. The number of aliphatic hydroxyl groups is 1. The second-order valence-electron chi connectivity index (χ2n) is 2.42. The first kappa shape index (κ1) is 20.5. The molecule has 1 N–H and O–H groups in total. The van der Waals surface area contributed by atoms with Crippen LogP contribution in [0, 0.1) is 35.6 Å². The van der Waals surface area contributed by atoms with E-state index in [1.165, 1.54) is 0 Å². The summed E-state index contributed by atoms with van der Waals surface area (Å²) >= 11 is 0. The Bertz CT molecular complexity index is 238. The third-order valence-electron chi connectivity index (χ3n) is 1.25. The summed E-state index contributed by atoms with van der Waals surface area (Å²) in [7, 11) is 0. The SMILES string of the molecule is O=C([O-])CC(O)(CC(=O)[O-])C(=O)[O-].[La+3].[Mn+2]. The first-order valence-electron chi connectivity index (χ1n) is 3.11. The Labute approximate surface area is 123 Å². The molecule has 0 saturated carbocycles. The van der Waals surface area contributed by atoms with Crippen LogP contribution in [0.25, 0.3) is 0 Å². The topological polar surface area (TPSA) is 141 Å². The van der Waals surface area contributed by atoms with Crippen molar-refractivity contribution < 1.29 is 87.5 Å². The number of carbonyl (C=O) groups excluding carboxylic acids is 3. The molecular formula is C6H5LaMnO7+2. The van der Waals surface area contributed by atoms with Crippen molar-refractivity contribution in [2.45, 2.75) is 18.4 Å². The molecule has 1 radical (unpaired) electrons. The molecule has 0 aromatic heterocycles. The number of aliphatic carboxylic acids is 3. The smallest absolute Gasteiger partial charge is 0.550 e. The van der Waals surface area contributed by atoms with Crippen molar-refractivity contribution in [3.8, 4) is 0 Å². The van der Waals surface area contributed by atoms with E-state index in [9.17, 15) is 29.7 Å². The predicted octanol–water partition coefficient (Wildman–Crippen LogP) is -5.26. The van der Waals surface area contributed by atoms with Crippen LogP contribution in [0.1, 0.15) is 12.8 Å². The summed E-state index contributed by atoms with van der Waals surface area (Å²) < 4.78 is 0. The fourth-order valence-electron chi connectivity index (χ4n) is 0.684. The molecule has 0 aromatic carbocycles. The van der Waals surface area contributed by atoms with Crippen LogP contribution in [0.5, 0.6) is 0 Å². The second kappa shape index (κ2) is 8.26. The maximum atomic E-state index is 10.1. The van der Waals surface area contributed by atoms with Gasteiger partial charge in [0.05, 0.1) is 5.97 Å². The van der Waals surface area contributed by atoms with Gasteiger partial charge in [0.25, 0.3) is 0 Å². The predicted molar refractivity (Wildman–Crippen MR) is 29.2 cm³/mol. The largest absolute Gasteiger partial charge is 3.00 e. The Balaban J connectivity index is -0.000000720. The Hall–Kier alpha value is 0.0843. The average molecular weight is 383 g/mol. The van der Waals surface area contributed by atoms with Crippen LogP contribution >= 0.6 is 0 Å². The number of carbonyl (C=O) groups is 3. The molecule has 0 atom stereocenters. The zero-order valence-electron chi connectivity index (χ0n) is 7.27. The van der Waals surface area contributed by atoms with Crippen molar-refractivity contribution in [2.75, 3.05) is 0 Å². The molecule has 0 fully saturated rings. The molecule has 0 spiro atoms. The van der Waals surface area contributed by atoms with Crippen LogP contribution < -0.4 is 15.3 Å². The normalized spacial score (nSPS) is 9.40. The Morgan fingerprint density at radius 2 is 1.27 bits per heavy atom. The molecule has 0 aliphatic heterocycles. The molecule has 0 heterocycles. The van der Waals surface area contributed by atoms with Crippen molar-refractivity contribution >= 4 is 17.9 Å². The number of rotatable bonds is 5. The van der Waals surface area contributed by atoms with E-state index in [-0.39, 0.29) is 52.7 Å². The number of hydrogen-bond donors (Lipinski definition) is 1. The van der Waals surface area contributed by atoms with E-state index in [0.717, 1.165) is 0 Å². The van der Waals surface area contributed by atoms with E-state index in [1.54, 1.807) is 0 Å². The van der Waals surface area contributed by atoms with Crippen molar-refractivity contribution in [3.63, 3.8) is 0 Å². The summed E-state index contributed by atoms with van der Waals surface area (Å²) in [5.41, 5.74) is -2.97. The summed E-state index contributed by atoms with van der Waals surface area (Å²) in [5.74, 6) is -5.98. The third-order valence-corrected chi connectivity index (χ3v) is 1.25. The molecular weight excluding hydrogens is 378 g/mol. The van der Waals surface area contributed by atoms with Crippen molar-refractivity contribution in [1.29, 1.82) is 0 Å². The van der Waals surface area contributed by atoms with Gasteiger partial charge >= 0.3 is 52.7 Å². The van der Waals surface area contributed by atoms with Gasteiger partial charge in [-0.25, -0.2) is 0 Å². The maximum Gasteiger partial charge on any atom is 3.00 e. The maximum absolute atomic E-state index is 10.1. The quantitative estimate of drug-likeness (QED) is 0.468. The summed E-state index contributed by atoms with van der Waals surface area (Å²) in [6.45, 7) is 0. The summed E-state index contributed by atoms with van der Waals surface area (Å²) in [5, 5.41) is 38.9. The van der Waals surface area contributed by atoms with Gasteiger partial charge in [0, 0.05) is 24.8 Å². The van der Waals surface area contributed by atoms with Crippen molar-refractivity contribution in [1.82, 2.24) is 0 Å². The molecule has 15 heavy (non-hydrogen) atoms. The minimum Gasteiger partial charge on any atom is -0.550 e. The van der Waals surface area contributed by atoms with Gasteiger partial charge in [0.15, 0.2) is 0 Å². The molecule has 0 aromatic rings. The number of carboxylic acid groups (broad SMARTS) is 3. The Morgan fingerprint density at radius 3 is 1.40 bits per heavy atom.